The van der Waals surface area contributed by atoms with Crippen LogP contribution in [-0.2, 0) is 11.3 Å². The summed E-state index contributed by atoms with van der Waals surface area (Å²) in [5.74, 6) is 0.463. The van der Waals surface area contributed by atoms with Gasteiger partial charge in [-0.25, -0.2) is 4.98 Å². The fraction of sp³-hybridized carbons (Fsp3) is 0.150. The van der Waals surface area contributed by atoms with Gasteiger partial charge in [-0.15, -0.1) is 0 Å². The van der Waals surface area contributed by atoms with E-state index < -0.39 is 0 Å². The predicted octanol–water partition coefficient (Wildman–Crippen LogP) is 3.71. The first kappa shape index (κ1) is 18.8. The number of carbonyl (C=O) groups excluding carboxylic acids is 1. The van der Waals surface area contributed by atoms with Gasteiger partial charge in [-0.2, -0.15) is 0 Å². The van der Waals surface area contributed by atoms with Gasteiger partial charge in [0.05, 0.1) is 18.6 Å². The SMILES string of the molecule is CCOc1ccc(-c2cc(=O)n(CC(=O)Nc3cccc(Br)c3)cn2)cc1. The van der Waals surface area contributed by atoms with Gasteiger partial charge in [-0.1, -0.05) is 22.0 Å². The van der Waals surface area contributed by atoms with Crippen molar-refractivity contribution in [3.63, 3.8) is 0 Å². The van der Waals surface area contributed by atoms with Crippen LogP contribution in [0.2, 0.25) is 0 Å². The molecule has 1 heterocycles. The van der Waals surface area contributed by atoms with E-state index in [1.165, 1.54) is 17.0 Å². The van der Waals surface area contributed by atoms with Crippen molar-refractivity contribution in [3.8, 4) is 17.0 Å². The zero-order valence-corrected chi connectivity index (χ0v) is 16.3. The fourth-order valence-corrected chi connectivity index (χ4v) is 2.91. The number of ether oxygens (including phenoxy) is 1. The summed E-state index contributed by atoms with van der Waals surface area (Å²) in [6, 6.07) is 16.0. The summed E-state index contributed by atoms with van der Waals surface area (Å²) in [6.45, 7) is 2.40. The lowest BCUT2D eigenvalue weighted by atomic mass is 10.1. The maximum absolute atomic E-state index is 12.3. The van der Waals surface area contributed by atoms with Gasteiger partial charge in [-0.05, 0) is 49.4 Å². The highest BCUT2D eigenvalue weighted by molar-refractivity contribution is 9.10. The van der Waals surface area contributed by atoms with Gasteiger partial charge in [0, 0.05) is 21.8 Å². The lowest BCUT2D eigenvalue weighted by Crippen LogP contribution is -2.27. The number of hydrogen-bond acceptors (Lipinski definition) is 4. The van der Waals surface area contributed by atoms with Crippen LogP contribution in [0.1, 0.15) is 6.92 Å². The Bertz CT molecular complexity index is 1000. The Labute approximate surface area is 165 Å². The average Bonchev–Trinajstić information content (AvgIpc) is 2.64. The van der Waals surface area contributed by atoms with Crippen molar-refractivity contribution < 1.29 is 9.53 Å². The molecule has 0 aliphatic carbocycles. The van der Waals surface area contributed by atoms with Crippen LogP contribution in [0, 0.1) is 0 Å². The Morgan fingerprint density at radius 1 is 1.19 bits per heavy atom. The van der Waals surface area contributed by atoms with E-state index in [1.807, 2.05) is 43.3 Å². The molecule has 1 amide bonds. The first-order valence-corrected chi connectivity index (χ1v) is 9.19. The molecular formula is C20H18BrN3O3. The van der Waals surface area contributed by atoms with Gasteiger partial charge >= 0.3 is 0 Å². The molecule has 0 bridgehead atoms. The van der Waals surface area contributed by atoms with E-state index >= 15 is 0 Å². The molecule has 3 aromatic rings. The number of benzene rings is 2. The Kier molecular flexibility index (Phi) is 6.03. The number of halogens is 1. The molecular weight excluding hydrogens is 410 g/mol. The summed E-state index contributed by atoms with van der Waals surface area (Å²) in [6.07, 6.45) is 1.38. The van der Waals surface area contributed by atoms with Crippen molar-refractivity contribution in [2.24, 2.45) is 0 Å². The smallest absolute Gasteiger partial charge is 0.254 e. The molecule has 0 aliphatic rings. The standard InChI is InChI=1S/C20H18BrN3O3/c1-2-27-17-8-6-14(7-9-17)18-11-20(26)24(13-22-18)12-19(25)23-16-5-3-4-15(21)10-16/h3-11,13H,2,12H2,1H3,(H,23,25). The molecule has 0 fully saturated rings. The molecule has 1 N–H and O–H groups in total. The van der Waals surface area contributed by atoms with Gasteiger partial charge < -0.3 is 10.1 Å². The van der Waals surface area contributed by atoms with E-state index in [1.54, 1.807) is 12.1 Å². The van der Waals surface area contributed by atoms with Crippen LogP contribution in [-0.4, -0.2) is 22.1 Å². The van der Waals surface area contributed by atoms with E-state index in [9.17, 15) is 9.59 Å². The monoisotopic (exact) mass is 427 g/mol. The third-order valence-electron chi connectivity index (χ3n) is 3.76. The summed E-state index contributed by atoms with van der Waals surface area (Å²) in [5.41, 5.74) is 1.72. The Morgan fingerprint density at radius 2 is 1.96 bits per heavy atom. The van der Waals surface area contributed by atoms with E-state index in [0.29, 0.717) is 18.0 Å². The largest absolute Gasteiger partial charge is 0.494 e. The predicted molar refractivity (Wildman–Crippen MR) is 108 cm³/mol. The highest BCUT2D eigenvalue weighted by atomic mass is 79.9. The van der Waals surface area contributed by atoms with E-state index in [-0.39, 0.29) is 18.0 Å². The summed E-state index contributed by atoms with van der Waals surface area (Å²) in [7, 11) is 0. The molecule has 0 spiro atoms. The molecule has 27 heavy (non-hydrogen) atoms. The van der Waals surface area contributed by atoms with Crippen LogP contribution in [0.25, 0.3) is 11.3 Å². The van der Waals surface area contributed by atoms with Gasteiger partial charge in [0.15, 0.2) is 0 Å². The molecule has 0 radical (unpaired) electrons. The maximum Gasteiger partial charge on any atom is 0.254 e. The quantitative estimate of drug-likeness (QED) is 0.650. The third-order valence-corrected chi connectivity index (χ3v) is 4.26. The number of aromatic nitrogens is 2. The number of nitrogens with one attached hydrogen (secondary N) is 1. The molecule has 0 aliphatic heterocycles. The molecule has 0 unspecified atom stereocenters. The summed E-state index contributed by atoms with van der Waals surface area (Å²) < 4.78 is 7.54. The molecule has 1 aromatic heterocycles. The molecule has 0 atom stereocenters. The Morgan fingerprint density at radius 3 is 2.63 bits per heavy atom. The fourth-order valence-electron chi connectivity index (χ4n) is 2.51. The van der Waals surface area contributed by atoms with Gasteiger partial charge in [0.25, 0.3) is 5.56 Å². The van der Waals surface area contributed by atoms with Crippen molar-refractivity contribution in [1.29, 1.82) is 0 Å². The number of amides is 1. The number of nitrogens with zero attached hydrogens (tertiary/aromatic N) is 2. The number of hydrogen-bond donors (Lipinski definition) is 1. The molecule has 7 heteroatoms. The molecule has 6 nitrogen and oxygen atoms in total. The van der Waals surface area contributed by atoms with Crippen LogP contribution in [0.4, 0.5) is 5.69 Å². The maximum atomic E-state index is 12.3. The summed E-state index contributed by atoms with van der Waals surface area (Å²) in [4.78, 5) is 28.8. The minimum Gasteiger partial charge on any atom is -0.494 e. The first-order valence-electron chi connectivity index (χ1n) is 8.40. The zero-order valence-electron chi connectivity index (χ0n) is 14.7. The lowest BCUT2D eigenvalue weighted by Gasteiger charge is -2.09. The zero-order chi connectivity index (χ0) is 19.2. The van der Waals surface area contributed by atoms with Crippen molar-refractivity contribution in [3.05, 3.63) is 75.8 Å². The average molecular weight is 428 g/mol. The summed E-state index contributed by atoms with van der Waals surface area (Å²) >= 11 is 3.35. The first-order chi connectivity index (χ1) is 13.0. The van der Waals surface area contributed by atoms with Crippen molar-refractivity contribution in [2.75, 3.05) is 11.9 Å². The second kappa shape index (κ2) is 8.64. The minimum atomic E-state index is -0.300. The Hall–Kier alpha value is -2.93. The van der Waals surface area contributed by atoms with E-state index in [0.717, 1.165) is 15.8 Å². The minimum absolute atomic E-state index is 0.109. The third kappa shape index (κ3) is 5.04. The second-order valence-electron chi connectivity index (χ2n) is 5.76. The normalized spacial score (nSPS) is 10.4. The van der Waals surface area contributed by atoms with Crippen LogP contribution in [0.15, 0.2) is 70.2 Å². The van der Waals surface area contributed by atoms with Gasteiger partial charge in [0.1, 0.15) is 12.3 Å². The van der Waals surface area contributed by atoms with Crippen molar-refractivity contribution in [2.45, 2.75) is 13.5 Å². The van der Waals surface area contributed by atoms with Crippen molar-refractivity contribution in [1.82, 2.24) is 9.55 Å². The molecule has 0 saturated heterocycles. The molecule has 138 valence electrons. The van der Waals surface area contributed by atoms with Crippen molar-refractivity contribution >= 4 is 27.5 Å². The number of carbonyl (C=O) groups is 1. The van der Waals surface area contributed by atoms with E-state index in [4.69, 9.17) is 4.74 Å². The highest BCUT2D eigenvalue weighted by Crippen LogP contribution is 2.19. The summed E-state index contributed by atoms with van der Waals surface area (Å²) in [5, 5.41) is 2.75. The highest BCUT2D eigenvalue weighted by Gasteiger charge is 2.08. The molecule has 3 rings (SSSR count). The van der Waals surface area contributed by atoms with Gasteiger partial charge in [-0.3, -0.25) is 14.2 Å². The number of anilines is 1. The van der Waals surface area contributed by atoms with Crippen LogP contribution in [0.5, 0.6) is 5.75 Å². The topological polar surface area (TPSA) is 73.2 Å². The van der Waals surface area contributed by atoms with E-state index in [2.05, 4.69) is 26.2 Å². The van der Waals surface area contributed by atoms with Crippen LogP contribution < -0.4 is 15.6 Å². The number of rotatable bonds is 6. The van der Waals surface area contributed by atoms with Crippen LogP contribution >= 0.6 is 15.9 Å². The molecule has 2 aromatic carbocycles. The lowest BCUT2D eigenvalue weighted by molar-refractivity contribution is -0.116. The van der Waals surface area contributed by atoms with Crippen LogP contribution in [0.3, 0.4) is 0 Å². The Balaban J connectivity index is 1.71. The molecule has 0 saturated carbocycles. The second-order valence-corrected chi connectivity index (χ2v) is 6.67. The van der Waals surface area contributed by atoms with Gasteiger partial charge in [0.2, 0.25) is 5.91 Å².